The average molecular weight is 273 g/mol. The first-order valence-electron chi connectivity index (χ1n) is 7.79. The molecule has 0 aromatic heterocycles. The van der Waals surface area contributed by atoms with E-state index in [0.717, 1.165) is 38.1 Å². The van der Waals surface area contributed by atoms with Gasteiger partial charge < -0.3 is 19.5 Å². The van der Waals surface area contributed by atoms with Crippen LogP contribution in [0.25, 0.3) is 0 Å². The largest absolute Gasteiger partial charge is 0.379 e. The molecule has 19 heavy (non-hydrogen) atoms. The summed E-state index contributed by atoms with van der Waals surface area (Å²) >= 11 is 0. The van der Waals surface area contributed by atoms with Crippen molar-refractivity contribution in [2.45, 2.75) is 45.6 Å². The lowest BCUT2D eigenvalue weighted by molar-refractivity contribution is 0.0139. The van der Waals surface area contributed by atoms with Gasteiger partial charge in [-0.25, -0.2) is 0 Å². The monoisotopic (exact) mass is 273 g/mol. The Hall–Kier alpha value is -0.160. The fraction of sp³-hybridized carbons (Fsp3) is 1.00. The summed E-state index contributed by atoms with van der Waals surface area (Å²) in [6.07, 6.45) is 4.96. The van der Waals surface area contributed by atoms with Crippen molar-refractivity contribution in [2.24, 2.45) is 5.92 Å². The molecule has 0 amide bonds. The van der Waals surface area contributed by atoms with Crippen LogP contribution in [0, 0.1) is 5.92 Å². The Morgan fingerprint density at radius 1 is 0.895 bits per heavy atom. The van der Waals surface area contributed by atoms with Gasteiger partial charge in [0.15, 0.2) is 0 Å². The Bertz CT molecular complexity index is 196. The van der Waals surface area contributed by atoms with E-state index in [0.29, 0.717) is 26.4 Å². The first kappa shape index (κ1) is 16.9. The zero-order valence-electron chi connectivity index (χ0n) is 12.7. The Morgan fingerprint density at radius 3 is 2.05 bits per heavy atom. The Labute approximate surface area is 118 Å². The Kier molecular flexibility index (Phi) is 10.4. The van der Waals surface area contributed by atoms with Crippen molar-refractivity contribution in [3.63, 3.8) is 0 Å². The first-order valence-corrected chi connectivity index (χ1v) is 7.79. The van der Waals surface area contributed by atoms with Crippen LogP contribution in [-0.2, 0) is 14.2 Å². The molecule has 4 heteroatoms. The second kappa shape index (κ2) is 11.6. The molecule has 114 valence electrons. The summed E-state index contributed by atoms with van der Waals surface area (Å²) in [6.45, 7) is 9.76. The van der Waals surface area contributed by atoms with Gasteiger partial charge in [-0.1, -0.05) is 20.3 Å². The molecule has 0 radical (unpaired) electrons. The highest BCUT2D eigenvalue weighted by atomic mass is 16.5. The van der Waals surface area contributed by atoms with Gasteiger partial charge in [-0.2, -0.15) is 0 Å². The van der Waals surface area contributed by atoms with E-state index < -0.39 is 0 Å². The lowest BCUT2D eigenvalue weighted by Crippen LogP contribution is -2.41. The van der Waals surface area contributed by atoms with E-state index in [-0.39, 0.29) is 0 Å². The minimum atomic E-state index is 0.664. The van der Waals surface area contributed by atoms with E-state index in [2.05, 4.69) is 19.2 Å². The number of hydrogen-bond acceptors (Lipinski definition) is 4. The lowest BCUT2D eigenvalue weighted by atomic mass is 9.82. The van der Waals surface area contributed by atoms with Crippen molar-refractivity contribution in [1.82, 2.24) is 5.32 Å². The smallest absolute Gasteiger partial charge is 0.0701 e. The van der Waals surface area contributed by atoms with E-state index in [4.69, 9.17) is 14.2 Å². The molecule has 0 bridgehead atoms. The van der Waals surface area contributed by atoms with Crippen molar-refractivity contribution >= 4 is 0 Å². The Morgan fingerprint density at radius 2 is 1.47 bits per heavy atom. The second-order valence-electron chi connectivity index (χ2n) is 5.42. The van der Waals surface area contributed by atoms with E-state index in [1.807, 2.05) is 0 Å². The van der Waals surface area contributed by atoms with Crippen LogP contribution in [0.3, 0.4) is 0 Å². The summed E-state index contributed by atoms with van der Waals surface area (Å²) in [4.78, 5) is 0. The number of rotatable bonds is 13. The third kappa shape index (κ3) is 9.38. The zero-order valence-corrected chi connectivity index (χ0v) is 12.7. The van der Waals surface area contributed by atoms with Gasteiger partial charge in [0.2, 0.25) is 0 Å². The molecule has 1 saturated carbocycles. The predicted octanol–water partition coefficient (Wildman–Crippen LogP) is 2.22. The van der Waals surface area contributed by atoms with Gasteiger partial charge in [0.25, 0.3) is 0 Å². The molecule has 0 heterocycles. The summed E-state index contributed by atoms with van der Waals surface area (Å²) < 4.78 is 16.3. The zero-order chi connectivity index (χ0) is 13.8. The van der Waals surface area contributed by atoms with E-state index >= 15 is 0 Å². The normalized spacial score (nSPS) is 22.4. The highest BCUT2D eigenvalue weighted by Gasteiger charge is 2.23. The molecular formula is C15H31NO3. The number of unbranched alkanes of at least 4 members (excludes halogenated alkanes) is 1. The van der Waals surface area contributed by atoms with E-state index in [9.17, 15) is 0 Å². The maximum atomic E-state index is 5.50. The molecule has 0 spiro atoms. The molecule has 0 aromatic carbocycles. The molecule has 4 nitrogen and oxygen atoms in total. The molecule has 0 unspecified atom stereocenters. The minimum absolute atomic E-state index is 0.664. The molecule has 1 aliphatic rings. The second-order valence-corrected chi connectivity index (χ2v) is 5.42. The number of ether oxygens (including phenoxy) is 3. The topological polar surface area (TPSA) is 39.7 Å². The van der Waals surface area contributed by atoms with Crippen LogP contribution in [0.15, 0.2) is 0 Å². The molecular weight excluding hydrogens is 242 g/mol. The summed E-state index contributed by atoms with van der Waals surface area (Å²) in [6, 6.07) is 0.732. The fourth-order valence-corrected chi connectivity index (χ4v) is 2.19. The highest BCUT2D eigenvalue weighted by Crippen LogP contribution is 2.25. The van der Waals surface area contributed by atoms with Gasteiger partial charge in [-0.3, -0.25) is 0 Å². The van der Waals surface area contributed by atoms with Crippen LogP contribution >= 0.6 is 0 Å². The minimum Gasteiger partial charge on any atom is -0.379 e. The lowest BCUT2D eigenvalue weighted by Gasteiger charge is -2.33. The molecule has 0 aliphatic heterocycles. The third-order valence-corrected chi connectivity index (χ3v) is 3.44. The number of nitrogens with one attached hydrogen (secondary N) is 1. The van der Waals surface area contributed by atoms with Crippen molar-refractivity contribution < 1.29 is 14.2 Å². The quantitative estimate of drug-likeness (QED) is 0.522. The number of hydrogen-bond donors (Lipinski definition) is 1. The van der Waals surface area contributed by atoms with Crippen LogP contribution in [-0.4, -0.2) is 52.2 Å². The van der Waals surface area contributed by atoms with Crippen LogP contribution in [0.4, 0.5) is 0 Å². The summed E-state index contributed by atoms with van der Waals surface area (Å²) in [5.74, 6) is 0.909. The maximum Gasteiger partial charge on any atom is 0.0701 e. The maximum absolute atomic E-state index is 5.50. The molecule has 1 aliphatic carbocycles. The molecule has 0 saturated heterocycles. The molecule has 1 fully saturated rings. The van der Waals surface area contributed by atoms with Gasteiger partial charge in [-0.05, 0) is 25.2 Å². The third-order valence-electron chi connectivity index (χ3n) is 3.44. The molecule has 0 atom stereocenters. The van der Waals surface area contributed by atoms with Gasteiger partial charge in [0.1, 0.15) is 0 Å². The van der Waals surface area contributed by atoms with Crippen LogP contribution in [0.5, 0.6) is 0 Å². The van der Waals surface area contributed by atoms with Crippen molar-refractivity contribution in [2.75, 3.05) is 46.2 Å². The van der Waals surface area contributed by atoms with Gasteiger partial charge in [0, 0.05) is 19.2 Å². The van der Waals surface area contributed by atoms with Gasteiger partial charge in [0.05, 0.1) is 33.0 Å². The van der Waals surface area contributed by atoms with Gasteiger partial charge >= 0.3 is 0 Å². The van der Waals surface area contributed by atoms with E-state index in [1.54, 1.807) is 0 Å². The summed E-state index contributed by atoms with van der Waals surface area (Å²) in [5, 5.41) is 3.49. The van der Waals surface area contributed by atoms with Crippen molar-refractivity contribution in [3.8, 4) is 0 Å². The molecule has 1 N–H and O–H groups in total. The van der Waals surface area contributed by atoms with Crippen molar-refractivity contribution in [1.29, 1.82) is 0 Å². The van der Waals surface area contributed by atoms with Crippen LogP contribution in [0.1, 0.15) is 39.5 Å². The first-order chi connectivity index (χ1) is 9.33. The SMILES string of the molecule is CCCCOCCOCCOCCNC1CC(C)C1. The average Bonchev–Trinajstić information content (AvgIpc) is 2.37. The van der Waals surface area contributed by atoms with E-state index in [1.165, 1.54) is 19.3 Å². The summed E-state index contributed by atoms with van der Waals surface area (Å²) in [5.41, 5.74) is 0. The van der Waals surface area contributed by atoms with Crippen LogP contribution < -0.4 is 5.32 Å². The van der Waals surface area contributed by atoms with Crippen LogP contribution in [0.2, 0.25) is 0 Å². The summed E-state index contributed by atoms with van der Waals surface area (Å²) in [7, 11) is 0. The van der Waals surface area contributed by atoms with Crippen molar-refractivity contribution in [3.05, 3.63) is 0 Å². The molecule has 1 rings (SSSR count). The predicted molar refractivity (Wildman–Crippen MR) is 77.6 cm³/mol. The molecule has 0 aromatic rings. The van der Waals surface area contributed by atoms with Gasteiger partial charge in [-0.15, -0.1) is 0 Å². The fourth-order valence-electron chi connectivity index (χ4n) is 2.19. The standard InChI is InChI=1S/C15H31NO3/c1-3-4-6-17-8-10-19-11-9-18-7-5-16-15-12-14(2)13-15/h14-16H,3-13H2,1-2H3. The Balaban J connectivity index is 1.65. The highest BCUT2D eigenvalue weighted by molar-refractivity contribution is 4.81.